The van der Waals surface area contributed by atoms with E-state index in [2.05, 4.69) is 10.5 Å². The van der Waals surface area contributed by atoms with Gasteiger partial charge in [-0.15, -0.1) is 0 Å². The fraction of sp³-hybridized carbons (Fsp3) is 0.259. The van der Waals surface area contributed by atoms with E-state index in [-0.39, 0.29) is 27.7 Å². The normalized spacial score (nSPS) is 11.2. The molecule has 0 aromatic heterocycles. The fourth-order valence-corrected chi connectivity index (χ4v) is 5.33. The van der Waals surface area contributed by atoms with E-state index in [1.54, 1.807) is 18.2 Å². The molecule has 41 heavy (non-hydrogen) atoms. The standard InChI is InChI=1S/C27H29ClN4O8S/c1-5-39-25-11-8-19(13-26(25)40-6-2)16-29-30-27(33)17-31(23-14-20(28)9-12-24(23)38-4)41(36,37)21-10-7-18(3)22(15-21)32(34)35/h7-16H,5-6,17H2,1-4H3,(H,30,33)/b29-16-. The molecule has 0 fully saturated rings. The van der Waals surface area contributed by atoms with Crippen molar-refractivity contribution >= 4 is 45.1 Å². The average Bonchev–Trinajstić information content (AvgIpc) is 2.93. The molecule has 3 aromatic rings. The van der Waals surface area contributed by atoms with Crippen molar-refractivity contribution in [1.29, 1.82) is 0 Å². The minimum absolute atomic E-state index is 0.0461. The smallest absolute Gasteiger partial charge is 0.273 e. The van der Waals surface area contributed by atoms with Crippen LogP contribution in [0.15, 0.2) is 64.6 Å². The highest BCUT2D eigenvalue weighted by Gasteiger charge is 2.31. The third-order valence-electron chi connectivity index (χ3n) is 5.63. The molecule has 12 nitrogen and oxygen atoms in total. The number of ether oxygens (including phenoxy) is 3. The van der Waals surface area contributed by atoms with Crippen LogP contribution in [-0.2, 0) is 14.8 Å². The zero-order valence-electron chi connectivity index (χ0n) is 22.8. The van der Waals surface area contributed by atoms with Crippen molar-refractivity contribution in [3.63, 3.8) is 0 Å². The molecule has 3 rings (SSSR count). The number of methoxy groups -OCH3 is 1. The summed E-state index contributed by atoms with van der Waals surface area (Å²) in [7, 11) is -3.20. The Balaban J connectivity index is 1.94. The minimum atomic E-state index is -4.52. The van der Waals surface area contributed by atoms with Crippen molar-refractivity contribution in [1.82, 2.24) is 5.43 Å². The van der Waals surface area contributed by atoms with Crippen LogP contribution in [0.4, 0.5) is 11.4 Å². The van der Waals surface area contributed by atoms with Gasteiger partial charge in [0.15, 0.2) is 11.5 Å². The summed E-state index contributed by atoms with van der Waals surface area (Å²) in [6, 6.07) is 12.8. The summed E-state index contributed by atoms with van der Waals surface area (Å²) in [4.78, 5) is 23.4. The number of halogens is 1. The summed E-state index contributed by atoms with van der Waals surface area (Å²) >= 11 is 6.15. The molecule has 0 unspecified atom stereocenters. The Morgan fingerprint density at radius 2 is 1.73 bits per heavy atom. The summed E-state index contributed by atoms with van der Waals surface area (Å²) in [6.45, 7) is 5.30. The maximum absolute atomic E-state index is 13.8. The molecule has 0 saturated carbocycles. The molecule has 0 aliphatic heterocycles. The molecular formula is C27H29ClN4O8S. The van der Waals surface area contributed by atoms with E-state index in [4.69, 9.17) is 25.8 Å². The maximum Gasteiger partial charge on any atom is 0.273 e. The zero-order chi connectivity index (χ0) is 30.2. The molecule has 218 valence electrons. The van der Waals surface area contributed by atoms with Gasteiger partial charge in [0.1, 0.15) is 12.3 Å². The van der Waals surface area contributed by atoms with Gasteiger partial charge >= 0.3 is 0 Å². The molecule has 3 aromatic carbocycles. The highest BCUT2D eigenvalue weighted by Crippen LogP contribution is 2.35. The van der Waals surface area contributed by atoms with Crippen LogP contribution < -0.4 is 23.9 Å². The first kappa shape index (κ1) is 31.2. The van der Waals surface area contributed by atoms with Crippen molar-refractivity contribution in [3.8, 4) is 17.2 Å². The van der Waals surface area contributed by atoms with Crippen LogP contribution in [-0.4, -0.2) is 52.3 Å². The van der Waals surface area contributed by atoms with Crippen molar-refractivity contribution in [2.45, 2.75) is 25.7 Å². The van der Waals surface area contributed by atoms with E-state index in [0.29, 0.717) is 30.3 Å². The number of hydrogen-bond acceptors (Lipinski definition) is 9. The van der Waals surface area contributed by atoms with Crippen LogP contribution in [0, 0.1) is 17.0 Å². The summed E-state index contributed by atoms with van der Waals surface area (Å²) in [5, 5.41) is 15.6. The summed E-state index contributed by atoms with van der Waals surface area (Å²) in [5.74, 6) is 0.364. The van der Waals surface area contributed by atoms with E-state index in [0.717, 1.165) is 10.4 Å². The monoisotopic (exact) mass is 604 g/mol. The molecule has 0 spiro atoms. The number of nitro groups is 1. The van der Waals surface area contributed by atoms with E-state index in [1.165, 1.54) is 50.6 Å². The number of carbonyl (C=O) groups is 1. The van der Waals surface area contributed by atoms with Crippen LogP contribution in [0.1, 0.15) is 25.0 Å². The summed E-state index contributed by atoms with van der Waals surface area (Å²) in [5.41, 5.74) is 2.73. The first-order chi connectivity index (χ1) is 19.5. The zero-order valence-corrected chi connectivity index (χ0v) is 24.4. The van der Waals surface area contributed by atoms with E-state index >= 15 is 0 Å². The van der Waals surface area contributed by atoms with Gasteiger partial charge < -0.3 is 14.2 Å². The van der Waals surface area contributed by atoms with Gasteiger partial charge in [0.05, 0.1) is 42.0 Å². The number of carbonyl (C=O) groups excluding carboxylic acids is 1. The number of sulfonamides is 1. The molecule has 14 heteroatoms. The molecule has 0 radical (unpaired) electrons. The Kier molecular flexibility index (Phi) is 10.5. The third kappa shape index (κ3) is 7.64. The van der Waals surface area contributed by atoms with Crippen molar-refractivity contribution in [2.24, 2.45) is 5.10 Å². The van der Waals surface area contributed by atoms with Gasteiger partial charge in [0.2, 0.25) is 0 Å². The van der Waals surface area contributed by atoms with Gasteiger partial charge in [-0.3, -0.25) is 19.2 Å². The lowest BCUT2D eigenvalue weighted by Gasteiger charge is -2.25. The lowest BCUT2D eigenvalue weighted by atomic mass is 10.2. The first-order valence-corrected chi connectivity index (χ1v) is 14.2. The van der Waals surface area contributed by atoms with Crippen molar-refractivity contribution in [3.05, 3.63) is 80.9 Å². The van der Waals surface area contributed by atoms with E-state index in [9.17, 15) is 23.3 Å². The van der Waals surface area contributed by atoms with Crippen LogP contribution in [0.5, 0.6) is 17.2 Å². The third-order valence-corrected chi connectivity index (χ3v) is 7.62. The number of amides is 1. The first-order valence-electron chi connectivity index (χ1n) is 12.3. The second-order valence-electron chi connectivity index (χ2n) is 8.40. The number of nitrogens with one attached hydrogen (secondary N) is 1. The maximum atomic E-state index is 13.8. The Bertz CT molecular complexity index is 1560. The predicted octanol–water partition coefficient (Wildman–Crippen LogP) is 4.71. The highest BCUT2D eigenvalue weighted by atomic mass is 35.5. The van der Waals surface area contributed by atoms with Gasteiger partial charge in [0.25, 0.3) is 21.6 Å². The number of nitro benzene ring substituents is 1. The minimum Gasteiger partial charge on any atom is -0.495 e. The van der Waals surface area contributed by atoms with E-state index in [1.807, 2.05) is 13.8 Å². The Morgan fingerprint density at radius 3 is 2.39 bits per heavy atom. The fourth-order valence-electron chi connectivity index (χ4n) is 3.72. The lowest BCUT2D eigenvalue weighted by Crippen LogP contribution is -2.39. The molecule has 0 atom stereocenters. The second-order valence-corrected chi connectivity index (χ2v) is 10.7. The molecule has 1 amide bonds. The predicted molar refractivity (Wildman–Crippen MR) is 155 cm³/mol. The number of nitrogens with zero attached hydrogens (tertiary/aromatic N) is 3. The lowest BCUT2D eigenvalue weighted by molar-refractivity contribution is -0.385. The molecule has 0 aliphatic carbocycles. The summed E-state index contributed by atoms with van der Waals surface area (Å²) < 4.78 is 44.7. The van der Waals surface area contributed by atoms with Crippen molar-refractivity contribution in [2.75, 3.05) is 31.2 Å². The van der Waals surface area contributed by atoms with Gasteiger partial charge in [-0.2, -0.15) is 5.10 Å². The molecular weight excluding hydrogens is 576 g/mol. The van der Waals surface area contributed by atoms with Gasteiger partial charge in [-0.25, -0.2) is 13.8 Å². The second kappa shape index (κ2) is 13.8. The number of aryl methyl sites for hydroxylation is 1. The highest BCUT2D eigenvalue weighted by molar-refractivity contribution is 7.92. The van der Waals surface area contributed by atoms with Crippen LogP contribution in [0.3, 0.4) is 0 Å². The number of hydrazone groups is 1. The largest absolute Gasteiger partial charge is 0.495 e. The topological polar surface area (TPSA) is 150 Å². The molecule has 1 N–H and O–H groups in total. The van der Waals surface area contributed by atoms with Crippen LogP contribution in [0.25, 0.3) is 0 Å². The Labute approximate surface area is 242 Å². The molecule has 0 heterocycles. The number of rotatable bonds is 13. The van der Waals surface area contributed by atoms with Gasteiger partial charge in [-0.05, 0) is 68.8 Å². The Morgan fingerprint density at radius 1 is 1.05 bits per heavy atom. The molecule has 0 saturated heterocycles. The number of benzene rings is 3. The number of hydrogen-bond donors (Lipinski definition) is 1. The SMILES string of the molecule is CCOc1ccc(/C=N\NC(=O)CN(c2cc(Cl)ccc2OC)S(=O)(=O)c2ccc(C)c([N+](=O)[O-])c2)cc1OCC. The van der Waals surface area contributed by atoms with Gasteiger partial charge in [0, 0.05) is 16.7 Å². The quantitative estimate of drug-likeness (QED) is 0.167. The summed E-state index contributed by atoms with van der Waals surface area (Å²) in [6.07, 6.45) is 1.36. The molecule has 0 aliphatic rings. The van der Waals surface area contributed by atoms with Crippen LogP contribution in [0.2, 0.25) is 5.02 Å². The molecule has 0 bridgehead atoms. The number of anilines is 1. The van der Waals surface area contributed by atoms with Gasteiger partial charge in [-0.1, -0.05) is 17.7 Å². The average molecular weight is 605 g/mol. The van der Waals surface area contributed by atoms with Crippen molar-refractivity contribution < 1.29 is 32.3 Å². The van der Waals surface area contributed by atoms with Crippen LogP contribution >= 0.6 is 11.6 Å². The Hall–Kier alpha value is -4.36. The van der Waals surface area contributed by atoms with E-state index < -0.39 is 32.3 Å².